The van der Waals surface area contributed by atoms with Crippen LogP contribution in [0.1, 0.15) is 11.3 Å². The first-order chi connectivity index (χ1) is 12.3. The minimum Gasteiger partial charge on any atom is -0.358 e. The van der Waals surface area contributed by atoms with Gasteiger partial charge in [-0.05, 0) is 37.7 Å². The third-order valence-electron chi connectivity index (χ3n) is 5.14. The number of rotatable bonds is 3. The number of piperazine rings is 1. The van der Waals surface area contributed by atoms with Gasteiger partial charge in [-0.15, -0.1) is 0 Å². The van der Waals surface area contributed by atoms with E-state index >= 15 is 0 Å². The SMILES string of the molecule is Cc1[nH]c2ccc(Cl)cc2c1CC(=O)N1CCN(C)C(C(=O)N(C)C)C1. The van der Waals surface area contributed by atoms with Crippen molar-refractivity contribution in [2.24, 2.45) is 0 Å². The van der Waals surface area contributed by atoms with Crippen LogP contribution in [0.5, 0.6) is 0 Å². The van der Waals surface area contributed by atoms with E-state index in [-0.39, 0.29) is 17.9 Å². The van der Waals surface area contributed by atoms with E-state index in [2.05, 4.69) is 4.98 Å². The van der Waals surface area contributed by atoms with E-state index in [1.54, 1.807) is 23.9 Å². The number of hydrogen-bond acceptors (Lipinski definition) is 3. The number of aromatic nitrogens is 1. The second-order valence-corrected chi connectivity index (χ2v) is 7.60. The molecule has 0 bridgehead atoms. The van der Waals surface area contributed by atoms with Crippen molar-refractivity contribution in [1.29, 1.82) is 0 Å². The Kier molecular flexibility index (Phi) is 5.25. The van der Waals surface area contributed by atoms with Crippen molar-refractivity contribution >= 4 is 34.3 Å². The molecule has 6 nitrogen and oxygen atoms in total. The van der Waals surface area contributed by atoms with Crippen molar-refractivity contribution < 1.29 is 9.59 Å². The highest BCUT2D eigenvalue weighted by molar-refractivity contribution is 6.31. The number of amides is 2. The lowest BCUT2D eigenvalue weighted by molar-refractivity contribution is -0.141. The van der Waals surface area contributed by atoms with Crippen LogP contribution >= 0.6 is 11.6 Å². The summed E-state index contributed by atoms with van der Waals surface area (Å²) in [5.41, 5.74) is 2.93. The molecule has 2 amide bonds. The predicted octanol–water partition coefficient (Wildman–Crippen LogP) is 1.90. The normalized spacial score (nSPS) is 18.3. The van der Waals surface area contributed by atoms with E-state index in [0.29, 0.717) is 31.1 Å². The lowest BCUT2D eigenvalue weighted by Crippen LogP contribution is -2.58. The van der Waals surface area contributed by atoms with E-state index in [1.807, 2.05) is 37.1 Å². The van der Waals surface area contributed by atoms with Gasteiger partial charge >= 0.3 is 0 Å². The number of nitrogens with zero attached hydrogens (tertiary/aromatic N) is 3. The molecule has 7 heteroatoms. The van der Waals surface area contributed by atoms with Gasteiger partial charge in [0.2, 0.25) is 11.8 Å². The molecule has 2 heterocycles. The van der Waals surface area contributed by atoms with Gasteiger partial charge in [-0.2, -0.15) is 0 Å². The number of halogens is 1. The first kappa shape index (κ1) is 18.7. The molecule has 26 heavy (non-hydrogen) atoms. The summed E-state index contributed by atoms with van der Waals surface area (Å²) in [6.45, 7) is 3.72. The highest BCUT2D eigenvalue weighted by Crippen LogP contribution is 2.26. The lowest BCUT2D eigenvalue weighted by Gasteiger charge is -2.39. The van der Waals surface area contributed by atoms with E-state index in [9.17, 15) is 9.59 Å². The Morgan fingerprint density at radius 3 is 2.73 bits per heavy atom. The second-order valence-electron chi connectivity index (χ2n) is 7.16. The molecule has 0 spiro atoms. The number of aryl methyl sites for hydroxylation is 1. The zero-order valence-electron chi connectivity index (χ0n) is 15.7. The van der Waals surface area contributed by atoms with Gasteiger partial charge < -0.3 is 14.8 Å². The fourth-order valence-corrected chi connectivity index (χ4v) is 3.68. The number of nitrogens with one attached hydrogen (secondary N) is 1. The van der Waals surface area contributed by atoms with Crippen LogP contribution in [0.15, 0.2) is 18.2 Å². The average molecular weight is 377 g/mol. The summed E-state index contributed by atoms with van der Waals surface area (Å²) in [7, 11) is 5.42. The van der Waals surface area contributed by atoms with Crippen LogP contribution < -0.4 is 0 Å². The van der Waals surface area contributed by atoms with Crippen LogP contribution in [0.4, 0.5) is 0 Å². The largest absolute Gasteiger partial charge is 0.358 e. The standard InChI is InChI=1S/C19H25ClN4O2/c1-12-14(15-9-13(20)5-6-16(15)21-12)10-18(25)24-8-7-23(4)17(11-24)19(26)22(2)3/h5-6,9,17,21H,7-8,10-11H2,1-4H3. The van der Waals surface area contributed by atoms with Crippen molar-refractivity contribution in [2.75, 3.05) is 40.8 Å². The second kappa shape index (κ2) is 7.29. The first-order valence-electron chi connectivity index (χ1n) is 8.74. The van der Waals surface area contributed by atoms with Gasteiger partial charge in [0.15, 0.2) is 0 Å². The summed E-state index contributed by atoms with van der Waals surface area (Å²) in [4.78, 5) is 34.0. The molecule has 1 aliphatic heterocycles. The lowest BCUT2D eigenvalue weighted by atomic mass is 10.1. The summed E-state index contributed by atoms with van der Waals surface area (Å²) in [5, 5.41) is 1.64. The average Bonchev–Trinajstić information content (AvgIpc) is 2.89. The maximum atomic E-state index is 12.9. The van der Waals surface area contributed by atoms with Gasteiger partial charge in [-0.1, -0.05) is 11.6 Å². The fourth-order valence-electron chi connectivity index (χ4n) is 3.51. The number of carbonyl (C=O) groups excluding carboxylic acids is 2. The van der Waals surface area contributed by atoms with Crippen LogP contribution in [-0.4, -0.2) is 78.3 Å². The molecule has 1 saturated heterocycles. The molecular formula is C19H25ClN4O2. The van der Waals surface area contributed by atoms with Crippen LogP contribution in [0.3, 0.4) is 0 Å². The molecule has 0 radical (unpaired) electrons. The number of likely N-dealkylation sites (N-methyl/N-ethyl adjacent to an activating group) is 2. The Morgan fingerprint density at radius 1 is 1.31 bits per heavy atom. The molecule has 0 aliphatic carbocycles. The molecular weight excluding hydrogens is 352 g/mol. The molecule has 1 aliphatic rings. The third kappa shape index (κ3) is 3.57. The Labute approximate surface area is 158 Å². The summed E-state index contributed by atoms with van der Waals surface area (Å²) in [5.74, 6) is 0.0682. The quantitative estimate of drug-likeness (QED) is 0.890. The summed E-state index contributed by atoms with van der Waals surface area (Å²) >= 11 is 6.13. The summed E-state index contributed by atoms with van der Waals surface area (Å²) < 4.78 is 0. The zero-order valence-corrected chi connectivity index (χ0v) is 16.4. The highest BCUT2D eigenvalue weighted by Gasteiger charge is 2.33. The van der Waals surface area contributed by atoms with Crippen molar-refractivity contribution in [1.82, 2.24) is 19.7 Å². The van der Waals surface area contributed by atoms with Crippen molar-refractivity contribution in [3.63, 3.8) is 0 Å². The number of benzene rings is 1. The van der Waals surface area contributed by atoms with Crippen LogP contribution in [0.25, 0.3) is 10.9 Å². The molecule has 1 atom stereocenters. The zero-order chi connectivity index (χ0) is 19.0. The molecule has 1 aromatic carbocycles. The van der Waals surface area contributed by atoms with Crippen molar-refractivity contribution in [3.8, 4) is 0 Å². The van der Waals surface area contributed by atoms with Gasteiger partial charge in [0, 0.05) is 55.3 Å². The topological polar surface area (TPSA) is 59.7 Å². The van der Waals surface area contributed by atoms with E-state index in [0.717, 1.165) is 22.2 Å². The van der Waals surface area contributed by atoms with Gasteiger partial charge in [-0.3, -0.25) is 14.5 Å². The molecule has 2 aromatic rings. The molecule has 1 unspecified atom stereocenters. The predicted molar refractivity (Wildman–Crippen MR) is 103 cm³/mol. The molecule has 1 aromatic heterocycles. The third-order valence-corrected chi connectivity index (χ3v) is 5.37. The van der Waals surface area contributed by atoms with Crippen LogP contribution in [0.2, 0.25) is 5.02 Å². The molecule has 0 saturated carbocycles. The monoisotopic (exact) mass is 376 g/mol. The smallest absolute Gasteiger partial charge is 0.241 e. The minimum atomic E-state index is -0.291. The van der Waals surface area contributed by atoms with Gasteiger partial charge in [-0.25, -0.2) is 0 Å². The van der Waals surface area contributed by atoms with Crippen molar-refractivity contribution in [3.05, 3.63) is 34.5 Å². The summed E-state index contributed by atoms with van der Waals surface area (Å²) in [6, 6.07) is 5.37. The van der Waals surface area contributed by atoms with E-state index in [1.165, 1.54) is 0 Å². The molecule has 1 N–H and O–H groups in total. The van der Waals surface area contributed by atoms with E-state index in [4.69, 9.17) is 11.6 Å². The Hall–Kier alpha value is -2.05. The van der Waals surface area contributed by atoms with Crippen LogP contribution in [-0.2, 0) is 16.0 Å². The summed E-state index contributed by atoms with van der Waals surface area (Å²) in [6.07, 6.45) is 0.304. The highest BCUT2D eigenvalue weighted by atomic mass is 35.5. The Morgan fingerprint density at radius 2 is 2.04 bits per heavy atom. The maximum absolute atomic E-state index is 12.9. The minimum absolute atomic E-state index is 0.0278. The fraction of sp³-hybridized carbons (Fsp3) is 0.474. The Bertz CT molecular complexity index is 845. The van der Waals surface area contributed by atoms with Gasteiger partial charge in [0.1, 0.15) is 6.04 Å². The van der Waals surface area contributed by atoms with Crippen LogP contribution in [0, 0.1) is 6.92 Å². The Balaban J connectivity index is 1.79. The number of carbonyl (C=O) groups is 2. The van der Waals surface area contributed by atoms with Gasteiger partial charge in [0.25, 0.3) is 0 Å². The molecule has 140 valence electrons. The maximum Gasteiger partial charge on any atom is 0.241 e. The number of H-pyrrole nitrogens is 1. The van der Waals surface area contributed by atoms with E-state index < -0.39 is 0 Å². The van der Waals surface area contributed by atoms with Gasteiger partial charge in [0.05, 0.1) is 6.42 Å². The van der Waals surface area contributed by atoms with Crippen molar-refractivity contribution in [2.45, 2.75) is 19.4 Å². The number of aromatic amines is 1. The molecule has 1 fully saturated rings. The first-order valence-corrected chi connectivity index (χ1v) is 9.11. The number of hydrogen-bond donors (Lipinski definition) is 1. The molecule has 3 rings (SSSR count). The number of fused-ring (bicyclic) bond motifs is 1.